The zero-order valence-electron chi connectivity index (χ0n) is 9.40. The quantitative estimate of drug-likeness (QED) is 0.542. The Morgan fingerprint density at radius 2 is 2.00 bits per heavy atom. The molecule has 1 rings (SSSR count). The lowest BCUT2D eigenvalue weighted by Gasteiger charge is -2.05. The summed E-state index contributed by atoms with van der Waals surface area (Å²) in [6.07, 6.45) is 14.1. The highest BCUT2D eigenvalue weighted by molar-refractivity contribution is 5.21. The van der Waals surface area contributed by atoms with E-state index in [1.54, 1.807) is 0 Å². The first-order valence-electron chi connectivity index (χ1n) is 5.28. The Balaban J connectivity index is 2.89. The second kappa shape index (κ2) is 6.03. The van der Waals surface area contributed by atoms with E-state index in [1.165, 1.54) is 11.1 Å². The van der Waals surface area contributed by atoms with E-state index in [0.29, 0.717) is 0 Å². The van der Waals surface area contributed by atoms with Gasteiger partial charge in [-0.05, 0) is 26.7 Å². The molecule has 0 amide bonds. The van der Waals surface area contributed by atoms with Crippen molar-refractivity contribution < 1.29 is 0 Å². The van der Waals surface area contributed by atoms with Gasteiger partial charge in [-0.15, -0.1) is 0 Å². The van der Waals surface area contributed by atoms with Crippen LogP contribution >= 0.6 is 0 Å². The van der Waals surface area contributed by atoms with Crippen LogP contribution in [0.5, 0.6) is 0 Å². The van der Waals surface area contributed by atoms with E-state index in [0.717, 1.165) is 12.8 Å². The smallest absolute Gasteiger partial charge is 0.0700 e. The Kier molecular flexibility index (Phi) is 4.63. The average molecular weight is 199 g/mol. The second-order valence-electron chi connectivity index (χ2n) is 3.98. The molecule has 0 aromatic heterocycles. The summed E-state index contributed by atoms with van der Waals surface area (Å²) in [5.74, 6) is 0.0150. The highest BCUT2D eigenvalue weighted by atomic mass is 14.3. The predicted octanol–water partition coefficient (Wildman–Crippen LogP) is 3.92. The van der Waals surface area contributed by atoms with Gasteiger partial charge in [-0.25, -0.2) is 0 Å². The van der Waals surface area contributed by atoms with Crippen LogP contribution in [-0.2, 0) is 0 Å². The zero-order chi connectivity index (χ0) is 11.1. The van der Waals surface area contributed by atoms with Crippen LogP contribution in [0.3, 0.4) is 0 Å². The van der Waals surface area contributed by atoms with Gasteiger partial charge in [0.2, 0.25) is 0 Å². The zero-order valence-corrected chi connectivity index (χ0v) is 9.40. The molecule has 1 aliphatic carbocycles. The van der Waals surface area contributed by atoms with E-state index in [-0.39, 0.29) is 5.92 Å². The normalized spacial score (nSPS) is 22.3. The van der Waals surface area contributed by atoms with Gasteiger partial charge in [0.25, 0.3) is 0 Å². The second-order valence-corrected chi connectivity index (χ2v) is 3.98. The molecular formula is C14H17N. The van der Waals surface area contributed by atoms with Crippen molar-refractivity contribution in [1.82, 2.24) is 0 Å². The molecule has 0 saturated carbocycles. The van der Waals surface area contributed by atoms with Crippen molar-refractivity contribution in [2.75, 3.05) is 0 Å². The van der Waals surface area contributed by atoms with Crippen LogP contribution in [0.4, 0.5) is 0 Å². The largest absolute Gasteiger partial charge is 0.198 e. The van der Waals surface area contributed by atoms with Crippen LogP contribution < -0.4 is 0 Å². The molecule has 0 heterocycles. The van der Waals surface area contributed by atoms with E-state index in [4.69, 9.17) is 5.26 Å². The molecule has 1 unspecified atom stereocenters. The Hall–Kier alpha value is -1.55. The Morgan fingerprint density at radius 1 is 1.20 bits per heavy atom. The van der Waals surface area contributed by atoms with Crippen LogP contribution in [0.1, 0.15) is 26.7 Å². The fourth-order valence-electron chi connectivity index (χ4n) is 1.58. The lowest BCUT2D eigenvalue weighted by molar-refractivity contribution is 0.798. The molecule has 0 aromatic rings. The number of hydrogen-bond donors (Lipinski definition) is 0. The van der Waals surface area contributed by atoms with E-state index >= 15 is 0 Å². The van der Waals surface area contributed by atoms with Gasteiger partial charge in [0.05, 0.1) is 12.0 Å². The van der Waals surface area contributed by atoms with Gasteiger partial charge in [0.15, 0.2) is 0 Å². The summed E-state index contributed by atoms with van der Waals surface area (Å²) in [7, 11) is 0. The van der Waals surface area contributed by atoms with Gasteiger partial charge in [-0.1, -0.05) is 47.6 Å². The van der Waals surface area contributed by atoms with Crippen molar-refractivity contribution in [3.63, 3.8) is 0 Å². The highest BCUT2D eigenvalue weighted by Gasteiger charge is 2.04. The van der Waals surface area contributed by atoms with Gasteiger partial charge in [-0.2, -0.15) is 5.26 Å². The first-order chi connectivity index (χ1) is 7.22. The van der Waals surface area contributed by atoms with Gasteiger partial charge < -0.3 is 0 Å². The molecular weight excluding hydrogens is 182 g/mol. The number of allylic oxidation sites excluding steroid dienone is 8. The number of nitrogens with zero attached hydrogens (tertiary/aromatic N) is 1. The maximum Gasteiger partial charge on any atom is 0.0700 e. The van der Waals surface area contributed by atoms with Crippen LogP contribution in [0, 0.1) is 17.2 Å². The molecule has 1 heteroatoms. The fourth-order valence-corrected chi connectivity index (χ4v) is 1.58. The SMILES string of the molecule is CC1=CC(C#N)CC(C)=CC=CC=CC1. The van der Waals surface area contributed by atoms with Crippen molar-refractivity contribution in [2.45, 2.75) is 26.7 Å². The lowest BCUT2D eigenvalue weighted by Crippen LogP contribution is -1.94. The molecule has 1 nitrogen and oxygen atoms in total. The van der Waals surface area contributed by atoms with Gasteiger partial charge >= 0.3 is 0 Å². The highest BCUT2D eigenvalue weighted by Crippen LogP contribution is 2.16. The van der Waals surface area contributed by atoms with Crippen LogP contribution in [0.2, 0.25) is 0 Å². The van der Waals surface area contributed by atoms with Crippen molar-refractivity contribution in [1.29, 1.82) is 5.26 Å². The summed E-state index contributed by atoms with van der Waals surface area (Å²) >= 11 is 0. The van der Waals surface area contributed by atoms with Crippen LogP contribution in [0.15, 0.2) is 47.6 Å². The Morgan fingerprint density at radius 3 is 2.73 bits per heavy atom. The Labute approximate surface area is 92.1 Å². The minimum absolute atomic E-state index is 0.0150. The topological polar surface area (TPSA) is 23.8 Å². The molecule has 0 spiro atoms. The molecule has 1 aliphatic rings. The first-order valence-corrected chi connectivity index (χ1v) is 5.28. The van der Waals surface area contributed by atoms with Crippen molar-refractivity contribution in [3.8, 4) is 6.07 Å². The van der Waals surface area contributed by atoms with Crippen molar-refractivity contribution in [3.05, 3.63) is 47.6 Å². The molecule has 0 fully saturated rings. The number of hydrogen-bond acceptors (Lipinski definition) is 1. The van der Waals surface area contributed by atoms with Crippen molar-refractivity contribution in [2.24, 2.45) is 5.92 Å². The molecule has 0 radical (unpaired) electrons. The fraction of sp³-hybridized carbons (Fsp3) is 0.357. The van der Waals surface area contributed by atoms with E-state index in [1.807, 2.05) is 18.2 Å². The molecule has 0 saturated heterocycles. The standard InChI is InChI=1S/C14H17N/c1-12-7-5-3-4-6-8-13(2)10-14(9-12)11-15/h3-7,10,14H,8-9H2,1-2H3. The third-order valence-electron chi connectivity index (χ3n) is 2.37. The van der Waals surface area contributed by atoms with Crippen molar-refractivity contribution >= 4 is 0 Å². The number of nitriles is 1. The monoisotopic (exact) mass is 199 g/mol. The number of rotatable bonds is 0. The van der Waals surface area contributed by atoms with Gasteiger partial charge in [0.1, 0.15) is 0 Å². The van der Waals surface area contributed by atoms with Crippen LogP contribution in [-0.4, -0.2) is 0 Å². The molecule has 0 bridgehead atoms. The Bertz CT molecular complexity index is 361. The van der Waals surface area contributed by atoms with E-state index < -0.39 is 0 Å². The molecule has 0 N–H and O–H groups in total. The molecule has 78 valence electrons. The minimum atomic E-state index is 0.0150. The maximum absolute atomic E-state index is 9.02. The van der Waals surface area contributed by atoms with E-state index in [9.17, 15) is 0 Å². The molecule has 0 aromatic carbocycles. The third kappa shape index (κ3) is 4.46. The summed E-state index contributed by atoms with van der Waals surface area (Å²) in [4.78, 5) is 0. The summed E-state index contributed by atoms with van der Waals surface area (Å²) in [5, 5.41) is 9.02. The molecule has 0 aliphatic heterocycles. The van der Waals surface area contributed by atoms with E-state index in [2.05, 4.69) is 38.1 Å². The summed E-state index contributed by atoms with van der Waals surface area (Å²) in [5.41, 5.74) is 2.51. The summed E-state index contributed by atoms with van der Waals surface area (Å²) in [6.45, 7) is 4.15. The first kappa shape index (κ1) is 11.5. The summed E-state index contributed by atoms with van der Waals surface area (Å²) in [6, 6.07) is 2.34. The average Bonchev–Trinajstić information content (AvgIpc) is 2.24. The predicted molar refractivity (Wildman–Crippen MR) is 64.1 cm³/mol. The third-order valence-corrected chi connectivity index (χ3v) is 2.37. The maximum atomic E-state index is 9.02. The summed E-state index contributed by atoms with van der Waals surface area (Å²) < 4.78 is 0. The van der Waals surface area contributed by atoms with Crippen LogP contribution in [0.25, 0.3) is 0 Å². The minimum Gasteiger partial charge on any atom is -0.198 e. The van der Waals surface area contributed by atoms with Gasteiger partial charge in [0, 0.05) is 0 Å². The lowest BCUT2D eigenvalue weighted by atomic mass is 9.98. The molecule has 1 atom stereocenters. The molecule has 15 heavy (non-hydrogen) atoms. The van der Waals surface area contributed by atoms with Gasteiger partial charge in [-0.3, -0.25) is 0 Å².